The number of benzene rings is 1. The van der Waals surface area contributed by atoms with Gasteiger partial charge in [0.05, 0.1) is 43.5 Å². The van der Waals surface area contributed by atoms with E-state index in [0.717, 1.165) is 13.1 Å². The fourth-order valence-corrected chi connectivity index (χ4v) is 6.54. The summed E-state index contributed by atoms with van der Waals surface area (Å²) in [5, 5.41) is 12.2. The first-order valence-electron chi connectivity index (χ1n) is 15.1. The van der Waals surface area contributed by atoms with Crippen LogP contribution in [-0.2, 0) is 34.0 Å². The number of phenolic OH excluding ortho intramolecular Hbond substituents is 1. The molecule has 2 fully saturated rings. The Hall–Kier alpha value is -4.18. The number of hydrogen-bond acceptors (Lipinski definition) is 9. The van der Waals surface area contributed by atoms with E-state index in [-0.39, 0.29) is 64.2 Å². The van der Waals surface area contributed by atoms with Crippen LogP contribution in [0.5, 0.6) is 5.75 Å². The van der Waals surface area contributed by atoms with E-state index in [1.165, 1.54) is 34.4 Å². The summed E-state index contributed by atoms with van der Waals surface area (Å²) in [6, 6.07) is 3.10. The van der Waals surface area contributed by atoms with Crippen LogP contribution in [-0.4, -0.2) is 86.6 Å². The van der Waals surface area contributed by atoms with Crippen LogP contribution in [0.25, 0.3) is 22.2 Å². The molecule has 1 aromatic carbocycles. The second-order valence-electron chi connectivity index (χ2n) is 12.0. The quantitative estimate of drug-likeness (QED) is 0.296. The number of aryl methyl sites for hydroxylation is 1. The molecule has 6 heterocycles. The highest BCUT2D eigenvalue weighted by atomic mass is 35.5. The monoisotopic (exact) mass is 673 g/mol. The summed E-state index contributed by atoms with van der Waals surface area (Å²) in [5.41, 5.74) is -0.719. The lowest BCUT2D eigenvalue weighted by Crippen LogP contribution is -2.59. The molecule has 0 aliphatic carbocycles. The maximum absolute atomic E-state index is 15.2. The zero-order valence-corrected chi connectivity index (χ0v) is 26.3. The number of rotatable bonds is 6. The summed E-state index contributed by atoms with van der Waals surface area (Å²) in [4.78, 5) is 40.0. The summed E-state index contributed by atoms with van der Waals surface area (Å²) in [7, 11) is 0. The minimum Gasteiger partial charge on any atom is -0.505 e. The smallest absolute Gasteiger partial charge is 0.263 e. The molecule has 16 heteroatoms. The van der Waals surface area contributed by atoms with Gasteiger partial charge in [-0.25, -0.2) is 14.4 Å². The van der Waals surface area contributed by atoms with Crippen molar-refractivity contribution in [3.8, 4) is 16.9 Å². The summed E-state index contributed by atoms with van der Waals surface area (Å²) in [6.07, 6.45) is 1.33. The van der Waals surface area contributed by atoms with E-state index >= 15 is 8.78 Å². The number of aromatic hydroxyl groups is 1. The number of nitrogens with one attached hydrogen (secondary N) is 1. The standard InChI is InChI=1S/C31H31ClF3N7O5/c1-15-7-18(26(33)27(34)28(15)44)19-10-40(30-24(19)31(45)42-5-6-46-14-22(42)38-30)11-23(43)36-20-8-21(37-29(35)25(20)32)41-4-3-39(9-16(41)2)17-12-47-13-17/h7-8,10,16-17,44H,3-6,9,11-14H2,1-2H3,(H,36,37,43)/t16-/m0/s1. The Morgan fingerprint density at radius 2 is 1.89 bits per heavy atom. The number of pyridine rings is 1. The molecule has 4 aromatic rings. The molecule has 47 heavy (non-hydrogen) atoms. The molecule has 0 saturated carbocycles. The molecule has 12 nitrogen and oxygen atoms in total. The van der Waals surface area contributed by atoms with Gasteiger partial charge in [0.15, 0.2) is 11.6 Å². The van der Waals surface area contributed by atoms with Crippen molar-refractivity contribution in [2.24, 2.45) is 0 Å². The lowest BCUT2D eigenvalue weighted by Gasteiger charge is -2.46. The van der Waals surface area contributed by atoms with Crippen LogP contribution in [0.4, 0.5) is 24.7 Å². The Bertz CT molecular complexity index is 1980. The molecule has 0 bridgehead atoms. The summed E-state index contributed by atoms with van der Waals surface area (Å²) in [6.45, 7) is 6.90. The lowest BCUT2D eigenvalue weighted by atomic mass is 10.0. The number of ether oxygens (including phenoxy) is 2. The third-order valence-electron chi connectivity index (χ3n) is 8.99. The van der Waals surface area contributed by atoms with Gasteiger partial charge >= 0.3 is 0 Å². The Balaban J connectivity index is 1.22. The van der Waals surface area contributed by atoms with Gasteiger partial charge < -0.3 is 29.4 Å². The van der Waals surface area contributed by atoms with Crippen LogP contribution in [0.15, 0.2) is 23.1 Å². The van der Waals surface area contributed by atoms with Gasteiger partial charge in [-0.05, 0) is 25.5 Å². The van der Waals surface area contributed by atoms with E-state index in [4.69, 9.17) is 21.1 Å². The predicted molar refractivity (Wildman–Crippen MR) is 166 cm³/mol. The molecule has 248 valence electrons. The molecule has 3 aromatic heterocycles. The highest BCUT2D eigenvalue weighted by Gasteiger charge is 2.33. The van der Waals surface area contributed by atoms with Crippen molar-refractivity contribution in [3.63, 3.8) is 0 Å². The number of carbonyl (C=O) groups is 1. The van der Waals surface area contributed by atoms with Crippen LogP contribution < -0.4 is 15.8 Å². The van der Waals surface area contributed by atoms with Crippen LogP contribution in [0.2, 0.25) is 5.02 Å². The Morgan fingerprint density at radius 1 is 1.11 bits per heavy atom. The average molecular weight is 674 g/mol. The molecule has 1 amide bonds. The normalized spacial score (nSPS) is 18.8. The second kappa shape index (κ2) is 12.1. The average Bonchev–Trinajstić information content (AvgIpc) is 3.37. The number of nitrogens with zero attached hydrogens (tertiary/aromatic N) is 6. The third kappa shape index (κ3) is 5.50. The fraction of sp³-hybridized carbons (Fsp3) is 0.419. The first kappa shape index (κ1) is 31.4. The summed E-state index contributed by atoms with van der Waals surface area (Å²) >= 11 is 6.25. The van der Waals surface area contributed by atoms with Crippen LogP contribution in [0.1, 0.15) is 18.3 Å². The predicted octanol–water partition coefficient (Wildman–Crippen LogP) is 3.42. The number of phenols is 1. The zero-order valence-electron chi connectivity index (χ0n) is 25.5. The van der Waals surface area contributed by atoms with Gasteiger partial charge in [0.2, 0.25) is 17.7 Å². The van der Waals surface area contributed by atoms with E-state index < -0.39 is 41.3 Å². The van der Waals surface area contributed by atoms with Gasteiger partial charge in [-0.15, -0.1) is 0 Å². The summed E-state index contributed by atoms with van der Waals surface area (Å²) < 4.78 is 58.4. The van der Waals surface area contributed by atoms with Gasteiger partial charge in [-0.1, -0.05) is 11.6 Å². The minimum absolute atomic E-state index is 0.000422. The van der Waals surface area contributed by atoms with Crippen molar-refractivity contribution in [1.29, 1.82) is 0 Å². The number of fused-ring (bicyclic) bond motifs is 2. The number of hydrogen-bond donors (Lipinski definition) is 2. The fourth-order valence-electron chi connectivity index (χ4n) is 6.40. The maximum Gasteiger partial charge on any atom is 0.263 e. The second-order valence-corrected chi connectivity index (χ2v) is 12.4. The third-order valence-corrected chi connectivity index (χ3v) is 9.35. The minimum atomic E-state index is -1.46. The number of aromatic nitrogens is 4. The van der Waals surface area contributed by atoms with Crippen molar-refractivity contribution in [2.75, 3.05) is 49.7 Å². The molecular formula is C31H31ClF3N7O5. The Kier molecular flexibility index (Phi) is 8.10. The maximum atomic E-state index is 15.2. The van der Waals surface area contributed by atoms with Crippen LogP contribution in [0, 0.1) is 24.5 Å². The molecule has 0 spiro atoms. The van der Waals surface area contributed by atoms with Crippen molar-refractivity contribution in [2.45, 2.75) is 45.6 Å². The van der Waals surface area contributed by atoms with Crippen molar-refractivity contribution in [3.05, 3.63) is 62.7 Å². The van der Waals surface area contributed by atoms with Crippen molar-refractivity contribution >= 4 is 40.0 Å². The first-order chi connectivity index (χ1) is 22.5. The number of halogens is 4. The van der Waals surface area contributed by atoms with E-state index in [0.29, 0.717) is 37.4 Å². The number of carbonyl (C=O) groups excluding carboxylic acids is 1. The van der Waals surface area contributed by atoms with Gasteiger partial charge in [0.25, 0.3) is 5.56 Å². The molecule has 2 N–H and O–H groups in total. The van der Waals surface area contributed by atoms with Gasteiger partial charge in [-0.3, -0.25) is 19.1 Å². The molecule has 1 atom stereocenters. The Labute approximate surface area is 271 Å². The molecule has 0 unspecified atom stereocenters. The number of piperazine rings is 1. The molecule has 7 rings (SSSR count). The highest BCUT2D eigenvalue weighted by molar-refractivity contribution is 6.33. The van der Waals surface area contributed by atoms with E-state index in [1.807, 2.05) is 11.8 Å². The number of anilines is 2. The van der Waals surface area contributed by atoms with Crippen molar-refractivity contribution < 1.29 is 32.5 Å². The lowest BCUT2D eigenvalue weighted by molar-refractivity contribution is -0.116. The van der Waals surface area contributed by atoms with E-state index in [1.54, 1.807) is 0 Å². The van der Waals surface area contributed by atoms with Crippen LogP contribution >= 0.6 is 11.6 Å². The van der Waals surface area contributed by atoms with Crippen LogP contribution in [0.3, 0.4) is 0 Å². The molecule has 2 saturated heterocycles. The molecule has 3 aliphatic heterocycles. The molecule has 3 aliphatic rings. The van der Waals surface area contributed by atoms with Gasteiger partial charge in [0.1, 0.15) is 35.5 Å². The zero-order chi connectivity index (χ0) is 33.1. The Morgan fingerprint density at radius 3 is 2.62 bits per heavy atom. The van der Waals surface area contributed by atoms with Gasteiger partial charge in [-0.2, -0.15) is 8.78 Å². The van der Waals surface area contributed by atoms with E-state index in [2.05, 4.69) is 20.2 Å². The van der Waals surface area contributed by atoms with E-state index in [9.17, 15) is 19.1 Å². The summed E-state index contributed by atoms with van der Waals surface area (Å²) in [5.74, 6) is -4.65. The SMILES string of the molecule is Cc1cc(-c2cn(CC(=O)Nc3cc(N4CCN(C5COC5)C[C@@H]4C)nc(F)c3Cl)c3nc4n(c(=O)c23)CCOC4)c(F)c(F)c1O. The largest absolute Gasteiger partial charge is 0.505 e. The topological polar surface area (TPSA) is 127 Å². The molecular weight excluding hydrogens is 643 g/mol. The van der Waals surface area contributed by atoms with Crippen molar-refractivity contribution in [1.82, 2.24) is 24.0 Å². The highest BCUT2D eigenvalue weighted by Crippen LogP contribution is 2.36. The van der Waals surface area contributed by atoms with Gasteiger partial charge in [0, 0.05) is 49.1 Å². The first-order valence-corrected chi connectivity index (χ1v) is 15.5. The molecule has 0 radical (unpaired) electrons. The number of amides is 1.